The fourth-order valence-corrected chi connectivity index (χ4v) is 2.73. The van der Waals surface area contributed by atoms with Crippen LogP contribution in [0, 0.1) is 0 Å². The molecule has 7 heteroatoms. The lowest BCUT2D eigenvalue weighted by molar-refractivity contribution is -0.147. The van der Waals surface area contributed by atoms with Crippen LogP contribution < -0.4 is 15.8 Å². The topological polar surface area (TPSA) is 90.7 Å². The molecule has 0 bridgehead atoms. The molecule has 0 radical (unpaired) electrons. The molecule has 2 aromatic carbocycles. The minimum Gasteiger partial charge on any atom is -0.496 e. The van der Waals surface area contributed by atoms with Crippen molar-refractivity contribution in [2.24, 2.45) is 5.73 Å². The van der Waals surface area contributed by atoms with Gasteiger partial charge in [-0.3, -0.25) is 0 Å². The van der Waals surface area contributed by atoms with Crippen LogP contribution >= 0.6 is 15.9 Å². The van der Waals surface area contributed by atoms with Crippen molar-refractivity contribution in [2.75, 3.05) is 7.11 Å². The number of primary amides is 1. The summed E-state index contributed by atoms with van der Waals surface area (Å²) in [5, 5.41) is 2.43. The van der Waals surface area contributed by atoms with E-state index in [0.29, 0.717) is 11.3 Å². The first kappa shape index (κ1) is 18.8. The highest BCUT2D eigenvalue weighted by Gasteiger charge is 2.22. The van der Waals surface area contributed by atoms with Crippen molar-refractivity contribution in [1.82, 2.24) is 5.32 Å². The first-order valence-electron chi connectivity index (χ1n) is 7.58. The Labute approximate surface area is 154 Å². The van der Waals surface area contributed by atoms with Gasteiger partial charge < -0.3 is 20.5 Å². The molecule has 2 aromatic rings. The summed E-state index contributed by atoms with van der Waals surface area (Å²) in [5.41, 5.74) is 6.77. The summed E-state index contributed by atoms with van der Waals surface area (Å²) in [7, 11) is 1.54. The van der Waals surface area contributed by atoms with Crippen molar-refractivity contribution in [2.45, 2.75) is 19.1 Å². The fourth-order valence-electron chi connectivity index (χ4n) is 2.32. The molecule has 1 atom stereocenters. The number of hydrogen-bond acceptors (Lipinski definition) is 4. The maximum atomic E-state index is 12.4. The van der Waals surface area contributed by atoms with Crippen LogP contribution in [0.4, 0.5) is 4.79 Å². The minimum absolute atomic E-state index is 0.0210. The maximum Gasteiger partial charge on any atom is 0.329 e. The zero-order valence-electron chi connectivity index (χ0n) is 13.7. The number of rotatable bonds is 7. The molecule has 0 saturated carbocycles. The highest BCUT2D eigenvalue weighted by molar-refractivity contribution is 9.10. The predicted octanol–water partition coefficient (Wildman–Crippen LogP) is 2.78. The van der Waals surface area contributed by atoms with E-state index < -0.39 is 18.0 Å². The SMILES string of the molecule is COc1ccc(Br)cc1COC(=O)[C@H](Cc1ccccc1)NC(N)=O. The highest BCUT2D eigenvalue weighted by Crippen LogP contribution is 2.23. The zero-order valence-corrected chi connectivity index (χ0v) is 15.3. The molecule has 0 spiro atoms. The van der Waals surface area contributed by atoms with Gasteiger partial charge in [-0.15, -0.1) is 0 Å². The molecule has 0 aromatic heterocycles. The second-order valence-electron chi connectivity index (χ2n) is 5.31. The Morgan fingerprint density at radius 1 is 1.20 bits per heavy atom. The Balaban J connectivity index is 2.06. The van der Waals surface area contributed by atoms with Crippen molar-refractivity contribution in [3.8, 4) is 5.75 Å². The number of nitrogens with one attached hydrogen (secondary N) is 1. The van der Waals surface area contributed by atoms with Gasteiger partial charge in [0.1, 0.15) is 18.4 Å². The van der Waals surface area contributed by atoms with Gasteiger partial charge in [0, 0.05) is 16.5 Å². The molecule has 132 valence electrons. The van der Waals surface area contributed by atoms with Gasteiger partial charge in [-0.25, -0.2) is 9.59 Å². The Bertz CT molecular complexity index is 737. The molecule has 2 rings (SSSR count). The largest absolute Gasteiger partial charge is 0.496 e. The van der Waals surface area contributed by atoms with E-state index in [2.05, 4.69) is 21.2 Å². The lowest BCUT2D eigenvalue weighted by atomic mass is 10.1. The molecule has 0 aliphatic heterocycles. The van der Waals surface area contributed by atoms with Crippen LogP contribution in [-0.2, 0) is 22.6 Å². The first-order chi connectivity index (χ1) is 12.0. The summed E-state index contributed by atoms with van der Waals surface area (Å²) in [5.74, 6) is 0.0446. The maximum absolute atomic E-state index is 12.4. The number of amides is 2. The van der Waals surface area contributed by atoms with E-state index >= 15 is 0 Å². The number of esters is 1. The predicted molar refractivity (Wildman–Crippen MR) is 97.1 cm³/mol. The standard InChI is InChI=1S/C18H19BrN2O4/c1-24-16-8-7-14(19)10-13(16)11-25-17(22)15(21-18(20)23)9-12-5-3-2-4-6-12/h2-8,10,15H,9,11H2,1H3,(H3,20,21,23)/t15-/m0/s1. The monoisotopic (exact) mass is 406 g/mol. The summed E-state index contributed by atoms with van der Waals surface area (Å²) >= 11 is 3.37. The number of hydrogen-bond donors (Lipinski definition) is 2. The molecule has 3 N–H and O–H groups in total. The van der Waals surface area contributed by atoms with E-state index in [9.17, 15) is 9.59 Å². The molecule has 0 fully saturated rings. The molecule has 0 aliphatic carbocycles. The average molecular weight is 407 g/mol. The third-order valence-electron chi connectivity index (χ3n) is 3.50. The van der Waals surface area contributed by atoms with Crippen LogP contribution in [0.2, 0.25) is 0 Å². The Hall–Kier alpha value is -2.54. The van der Waals surface area contributed by atoms with E-state index in [4.69, 9.17) is 15.2 Å². The summed E-state index contributed by atoms with van der Waals surface area (Å²) in [6, 6.07) is 13.1. The minimum atomic E-state index is -0.863. The third-order valence-corrected chi connectivity index (χ3v) is 3.99. The van der Waals surface area contributed by atoms with Gasteiger partial charge in [-0.05, 0) is 23.8 Å². The Morgan fingerprint density at radius 2 is 1.92 bits per heavy atom. The van der Waals surface area contributed by atoms with Gasteiger partial charge in [0.05, 0.1) is 7.11 Å². The number of halogens is 1. The van der Waals surface area contributed by atoms with Crippen LogP contribution in [-0.4, -0.2) is 25.2 Å². The molecule has 0 aliphatic rings. The molecule has 2 amide bonds. The van der Waals surface area contributed by atoms with Crippen molar-refractivity contribution in [3.05, 3.63) is 64.1 Å². The van der Waals surface area contributed by atoms with E-state index in [-0.39, 0.29) is 13.0 Å². The summed E-state index contributed by atoms with van der Waals surface area (Å²) in [4.78, 5) is 23.6. The highest BCUT2D eigenvalue weighted by atomic mass is 79.9. The van der Waals surface area contributed by atoms with Crippen molar-refractivity contribution >= 4 is 27.9 Å². The Kier molecular flexibility index (Phi) is 6.82. The quantitative estimate of drug-likeness (QED) is 0.691. The first-order valence-corrected chi connectivity index (χ1v) is 8.38. The number of carbonyl (C=O) groups excluding carboxylic acids is 2. The molecule has 6 nitrogen and oxygen atoms in total. The normalized spacial score (nSPS) is 11.4. The van der Waals surface area contributed by atoms with E-state index in [1.807, 2.05) is 36.4 Å². The van der Waals surface area contributed by atoms with Crippen LogP contribution in [0.25, 0.3) is 0 Å². The third kappa shape index (κ3) is 5.79. The van der Waals surface area contributed by atoms with E-state index in [1.165, 1.54) is 0 Å². The van der Waals surface area contributed by atoms with E-state index in [0.717, 1.165) is 10.0 Å². The molecular formula is C18H19BrN2O4. The lowest BCUT2D eigenvalue weighted by Crippen LogP contribution is -2.45. The van der Waals surface area contributed by atoms with Gasteiger partial charge in [0.2, 0.25) is 0 Å². The van der Waals surface area contributed by atoms with Crippen LogP contribution in [0.5, 0.6) is 5.75 Å². The van der Waals surface area contributed by atoms with Gasteiger partial charge in [0.25, 0.3) is 0 Å². The van der Waals surface area contributed by atoms with Gasteiger partial charge >= 0.3 is 12.0 Å². The molecular weight excluding hydrogens is 388 g/mol. The summed E-state index contributed by atoms with van der Waals surface area (Å²) < 4.78 is 11.4. The van der Waals surface area contributed by atoms with Gasteiger partial charge in [0.15, 0.2) is 0 Å². The van der Waals surface area contributed by atoms with Gasteiger partial charge in [-0.2, -0.15) is 0 Å². The average Bonchev–Trinajstić information content (AvgIpc) is 2.59. The van der Waals surface area contributed by atoms with E-state index in [1.54, 1.807) is 19.2 Å². The Morgan fingerprint density at radius 3 is 2.56 bits per heavy atom. The summed E-state index contributed by atoms with van der Waals surface area (Å²) in [6.07, 6.45) is 0.290. The lowest BCUT2D eigenvalue weighted by Gasteiger charge is -2.17. The van der Waals surface area contributed by atoms with Crippen molar-refractivity contribution in [1.29, 1.82) is 0 Å². The fraction of sp³-hybridized carbons (Fsp3) is 0.222. The second-order valence-corrected chi connectivity index (χ2v) is 6.23. The number of nitrogens with two attached hydrogens (primary N) is 1. The van der Waals surface area contributed by atoms with Crippen LogP contribution in [0.15, 0.2) is 53.0 Å². The van der Waals surface area contributed by atoms with Crippen LogP contribution in [0.1, 0.15) is 11.1 Å². The van der Waals surface area contributed by atoms with Crippen molar-refractivity contribution < 1.29 is 19.1 Å². The number of carbonyl (C=O) groups is 2. The van der Waals surface area contributed by atoms with Gasteiger partial charge in [-0.1, -0.05) is 46.3 Å². The number of benzene rings is 2. The van der Waals surface area contributed by atoms with Crippen molar-refractivity contribution in [3.63, 3.8) is 0 Å². The smallest absolute Gasteiger partial charge is 0.329 e. The van der Waals surface area contributed by atoms with Crippen LogP contribution in [0.3, 0.4) is 0 Å². The number of methoxy groups -OCH3 is 1. The number of urea groups is 1. The molecule has 25 heavy (non-hydrogen) atoms. The molecule has 0 unspecified atom stereocenters. The molecule has 0 saturated heterocycles. The zero-order chi connectivity index (χ0) is 18.2. The summed E-state index contributed by atoms with van der Waals surface area (Å²) in [6.45, 7) is 0.0210. The molecule has 0 heterocycles. The second kappa shape index (κ2) is 9.08. The number of ether oxygens (including phenoxy) is 2.